The Labute approximate surface area is 205 Å². The first-order valence-electron chi connectivity index (χ1n) is 9.92. The maximum absolute atomic E-state index is 13.1. The van der Waals surface area contributed by atoms with Crippen molar-refractivity contribution in [3.05, 3.63) is 80.8 Å². The Kier molecular flexibility index (Phi) is 7.22. The van der Waals surface area contributed by atoms with Gasteiger partial charge >= 0.3 is 0 Å². The van der Waals surface area contributed by atoms with Crippen molar-refractivity contribution in [1.29, 1.82) is 0 Å². The van der Waals surface area contributed by atoms with Crippen LogP contribution in [-0.2, 0) is 4.79 Å². The molecule has 0 aliphatic carbocycles. The van der Waals surface area contributed by atoms with E-state index >= 15 is 0 Å². The number of imide groups is 1. The number of hydrogen-bond donors (Lipinski definition) is 2. The van der Waals surface area contributed by atoms with E-state index in [9.17, 15) is 28.9 Å². The minimum absolute atomic E-state index is 0.0453. The predicted octanol–water partition coefficient (Wildman–Crippen LogP) is 3.47. The van der Waals surface area contributed by atoms with Crippen molar-refractivity contribution in [2.24, 2.45) is 0 Å². The Hall–Kier alpha value is -4.04. The normalized spacial score (nSPS) is 14.5. The number of carbonyl (C=O) groups is 3. The maximum atomic E-state index is 13.1. The molecule has 1 fully saturated rings. The van der Waals surface area contributed by atoms with Crippen LogP contribution in [0.2, 0.25) is 0 Å². The molecular weight excluding hydrogens is 499 g/mol. The van der Waals surface area contributed by atoms with E-state index in [-0.39, 0.29) is 34.1 Å². The number of nitro groups is 1. The van der Waals surface area contributed by atoms with Crippen molar-refractivity contribution >= 4 is 52.3 Å². The van der Waals surface area contributed by atoms with Crippen LogP contribution < -0.4 is 5.32 Å². The second-order valence-electron chi connectivity index (χ2n) is 6.97. The molecule has 1 saturated heterocycles. The molecule has 1 aliphatic rings. The maximum Gasteiger partial charge on any atom is 0.293 e. The predicted molar refractivity (Wildman–Crippen MR) is 125 cm³/mol. The molecule has 0 unspecified atom stereocenters. The second kappa shape index (κ2) is 10.5. The van der Waals surface area contributed by atoms with Crippen molar-refractivity contribution in [1.82, 2.24) is 25.4 Å². The van der Waals surface area contributed by atoms with Gasteiger partial charge in [0.25, 0.3) is 22.7 Å². The summed E-state index contributed by atoms with van der Waals surface area (Å²) in [7, 11) is 0. The molecule has 2 heterocycles. The Morgan fingerprint density at radius 1 is 1.26 bits per heavy atom. The summed E-state index contributed by atoms with van der Waals surface area (Å²) in [4.78, 5) is 53.5. The van der Waals surface area contributed by atoms with Gasteiger partial charge in [0.2, 0.25) is 0 Å². The van der Waals surface area contributed by atoms with Gasteiger partial charge in [-0.2, -0.15) is 5.10 Å². The number of nitrogens with zero attached hydrogens (tertiary/aromatic N) is 4. The summed E-state index contributed by atoms with van der Waals surface area (Å²) in [5.74, 6) is -1.54. The molecule has 0 bridgehead atoms. The van der Waals surface area contributed by atoms with Crippen LogP contribution >= 0.6 is 23.5 Å². The summed E-state index contributed by atoms with van der Waals surface area (Å²) in [5.41, 5.74) is 0.330. The van der Waals surface area contributed by atoms with Crippen LogP contribution in [0.1, 0.15) is 15.9 Å². The van der Waals surface area contributed by atoms with Crippen molar-refractivity contribution < 1.29 is 23.7 Å². The smallest absolute Gasteiger partial charge is 0.293 e. The van der Waals surface area contributed by atoms with Crippen LogP contribution in [0, 0.1) is 15.9 Å². The molecule has 1 aromatic heterocycles. The second-order valence-corrected chi connectivity index (χ2v) is 9.00. The molecular formula is C21H15FN6O5S2. The molecule has 3 aromatic rings. The molecule has 4 rings (SSSR count). The SMILES string of the molecule is O=C(NCCN1C(=O)S/C(=C/c2ccc(F)cc2)C1=O)c1ccc(Sc2ncn[nH]2)c([N+](=O)[O-])c1. The quantitative estimate of drug-likeness (QED) is 0.261. The van der Waals surface area contributed by atoms with Crippen LogP contribution in [0.4, 0.5) is 14.9 Å². The van der Waals surface area contributed by atoms with Crippen molar-refractivity contribution in [3.8, 4) is 0 Å². The number of aromatic nitrogens is 3. The Balaban J connectivity index is 1.37. The minimum Gasteiger partial charge on any atom is -0.350 e. The molecule has 14 heteroatoms. The molecule has 178 valence electrons. The van der Waals surface area contributed by atoms with E-state index in [1.54, 1.807) is 0 Å². The first-order valence-corrected chi connectivity index (χ1v) is 11.6. The van der Waals surface area contributed by atoms with Crippen LogP contribution in [0.25, 0.3) is 6.08 Å². The summed E-state index contributed by atoms with van der Waals surface area (Å²) in [6, 6.07) is 9.45. The molecule has 0 atom stereocenters. The van der Waals surface area contributed by atoms with Crippen molar-refractivity contribution in [2.45, 2.75) is 10.1 Å². The van der Waals surface area contributed by atoms with Gasteiger partial charge in [-0.1, -0.05) is 12.1 Å². The Morgan fingerprint density at radius 3 is 2.71 bits per heavy atom. The van der Waals surface area contributed by atoms with Gasteiger partial charge in [0, 0.05) is 24.7 Å². The van der Waals surface area contributed by atoms with Gasteiger partial charge in [-0.05, 0) is 59.4 Å². The molecule has 2 N–H and O–H groups in total. The molecule has 11 nitrogen and oxygen atoms in total. The van der Waals surface area contributed by atoms with Crippen LogP contribution in [0.15, 0.2) is 63.7 Å². The van der Waals surface area contributed by atoms with Gasteiger partial charge in [0.15, 0.2) is 5.16 Å². The van der Waals surface area contributed by atoms with E-state index in [2.05, 4.69) is 20.5 Å². The number of nitro benzene ring substituents is 1. The zero-order chi connectivity index (χ0) is 24.9. The lowest BCUT2D eigenvalue weighted by atomic mass is 10.2. The Morgan fingerprint density at radius 2 is 2.03 bits per heavy atom. The van der Waals surface area contributed by atoms with E-state index in [4.69, 9.17) is 0 Å². The number of hydrogen-bond acceptors (Lipinski definition) is 9. The highest BCUT2D eigenvalue weighted by molar-refractivity contribution is 8.18. The highest BCUT2D eigenvalue weighted by Gasteiger charge is 2.34. The average molecular weight is 515 g/mol. The molecule has 2 aromatic carbocycles. The fraction of sp³-hybridized carbons (Fsp3) is 0.0952. The topological polar surface area (TPSA) is 151 Å². The van der Waals surface area contributed by atoms with Crippen molar-refractivity contribution in [2.75, 3.05) is 13.1 Å². The summed E-state index contributed by atoms with van der Waals surface area (Å²) >= 11 is 1.74. The number of aromatic amines is 1. The first-order chi connectivity index (χ1) is 16.8. The average Bonchev–Trinajstić information content (AvgIpc) is 3.44. The van der Waals surface area contributed by atoms with Gasteiger partial charge < -0.3 is 5.32 Å². The molecule has 0 spiro atoms. The van der Waals surface area contributed by atoms with E-state index in [1.165, 1.54) is 48.8 Å². The third-order valence-corrected chi connectivity index (χ3v) is 6.54. The number of nitrogens with one attached hydrogen (secondary N) is 2. The van der Waals surface area contributed by atoms with Gasteiger partial charge in [-0.25, -0.2) is 9.37 Å². The van der Waals surface area contributed by atoms with Gasteiger partial charge in [-0.15, -0.1) is 0 Å². The third kappa shape index (κ3) is 5.73. The van der Waals surface area contributed by atoms with Crippen LogP contribution in [-0.4, -0.2) is 55.1 Å². The minimum atomic E-state index is -0.608. The number of halogens is 1. The van der Waals surface area contributed by atoms with Crippen molar-refractivity contribution in [3.63, 3.8) is 0 Å². The van der Waals surface area contributed by atoms with Gasteiger partial charge in [0.05, 0.1) is 14.7 Å². The Bertz CT molecular complexity index is 1330. The highest BCUT2D eigenvalue weighted by atomic mass is 32.2. The number of thioether (sulfide) groups is 1. The van der Waals surface area contributed by atoms with Crippen LogP contribution in [0.5, 0.6) is 0 Å². The zero-order valence-electron chi connectivity index (χ0n) is 17.6. The monoisotopic (exact) mass is 514 g/mol. The first kappa shape index (κ1) is 24.1. The molecule has 35 heavy (non-hydrogen) atoms. The number of benzene rings is 2. The summed E-state index contributed by atoms with van der Waals surface area (Å²) in [6.45, 7) is -0.137. The summed E-state index contributed by atoms with van der Waals surface area (Å²) in [6.07, 6.45) is 2.76. The summed E-state index contributed by atoms with van der Waals surface area (Å²) < 4.78 is 13.1. The highest BCUT2D eigenvalue weighted by Crippen LogP contribution is 2.34. The number of H-pyrrole nitrogens is 1. The zero-order valence-corrected chi connectivity index (χ0v) is 19.3. The molecule has 0 saturated carbocycles. The van der Waals surface area contributed by atoms with E-state index in [0.717, 1.165) is 34.5 Å². The molecule has 0 radical (unpaired) electrons. The number of amides is 3. The van der Waals surface area contributed by atoms with Gasteiger partial charge in [-0.3, -0.25) is 34.5 Å². The number of carbonyl (C=O) groups excluding carboxylic acids is 3. The lowest BCUT2D eigenvalue weighted by molar-refractivity contribution is -0.387. The standard InChI is InChI=1S/C21H15FN6O5S2/c22-14-4-1-12(2-5-14)9-17-19(30)27(21(31)35-17)8-7-23-18(29)13-3-6-16(15(10-13)28(32)33)34-20-24-11-25-26-20/h1-6,9-11H,7-8H2,(H,23,29)(H,24,25,26)/b17-9+. The van der Waals surface area contributed by atoms with E-state index in [1.807, 2.05) is 0 Å². The van der Waals surface area contributed by atoms with Crippen LogP contribution in [0.3, 0.4) is 0 Å². The van der Waals surface area contributed by atoms with E-state index in [0.29, 0.717) is 10.7 Å². The lowest BCUT2D eigenvalue weighted by Crippen LogP contribution is -2.37. The lowest BCUT2D eigenvalue weighted by Gasteiger charge is -2.13. The largest absolute Gasteiger partial charge is 0.350 e. The fourth-order valence-electron chi connectivity index (χ4n) is 3.02. The molecule has 1 aliphatic heterocycles. The van der Waals surface area contributed by atoms with E-state index < -0.39 is 27.8 Å². The molecule has 3 amide bonds. The van der Waals surface area contributed by atoms with Gasteiger partial charge in [0.1, 0.15) is 12.1 Å². The third-order valence-electron chi connectivity index (χ3n) is 4.68. The summed E-state index contributed by atoms with van der Waals surface area (Å²) in [5, 5.41) is 20.2. The fourth-order valence-corrected chi connectivity index (χ4v) is 4.67. The number of rotatable bonds is 8.